The lowest BCUT2D eigenvalue weighted by molar-refractivity contribution is 0.631. The first-order valence-corrected chi connectivity index (χ1v) is 5.04. The van der Waals surface area contributed by atoms with Gasteiger partial charge in [-0.25, -0.2) is 4.39 Å². The van der Waals surface area contributed by atoms with Gasteiger partial charge in [0.15, 0.2) is 0 Å². The largest absolute Gasteiger partial charge is 0.399 e. The van der Waals surface area contributed by atoms with Crippen LogP contribution in [0, 0.1) is 12.7 Å². The van der Waals surface area contributed by atoms with Gasteiger partial charge in [-0.3, -0.25) is 0 Å². The molecular weight excluding hydrogens is 203 g/mol. The minimum Gasteiger partial charge on any atom is -0.399 e. The van der Waals surface area contributed by atoms with Crippen molar-refractivity contribution in [2.24, 2.45) is 0 Å². The number of rotatable bonds is 2. The summed E-state index contributed by atoms with van der Waals surface area (Å²) in [7, 11) is 0. The maximum atomic E-state index is 13.4. The highest BCUT2D eigenvalue weighted by molar-refractivity contribution is 5.62. The molecule has 3 N–H and O–H groups in total. The van der Waals surface area contributed by atoms with Crippen molar-refractivity contribution in [1.29, 1.82) is 0 Å². The fourth-order valence-corrected chi connectivity index (χ4v) is 1.46. The topological polar surface area (TPSA) is 38.0 Å². The first-order valence-electron chi connectivity index (χ1n) is 5.04. The van der Waals surface area contributed by atoms with Gasteiger partial charge in [-0.1, -0.05) is 6.07 Å². The van der Waals surface area contributed by atoms with E-state index < -0.39 is 0 Å². The molecule has 0 fully saturated rings. The minimum absolute atomic E-state index is 0.262. The third kappa shape index (κ3) is 2.31. The molecule has 0 heterocycles. The monoisotopic (exact) mass is 216 g/mol. The summed E-state index contributed by atoms with van der Waals surface area (Å²) >= 11 is 0. The molecule has 0 amide bonds. The SMILES string of the molecule is Cc1ccc(F)c(Nc2ccc(N)cc2)c1. The van der Waals surface area contributed by atoms with E-state index in [1.54, 1.807) is 24.3 Å². The molecule has 0 atom stereocenters. The molecule has 0 saturated heterocycles. The van der Waals surface area contributed by atoms with Crippen LogP contribution in [0.5, 0.6) is 0 Å². The Kier molecular flexibility index (Phi) is 2.77. The highest BCUT2D eigenvalue weighted by Gasteiger charge is 2.02. The Morgan fingerprint density at radius 1 is 1.06 bits per heavy atom. The number of hydrogen-bond acceptors (Lipinski definition) is 2. The molecule has 0 saturated carbocycles. The molecule has 0 radical (unpaired) electrons. The molecule has 0 aliphatic rings. The number of hydrogen-bond donors (Lipinski definition) is 2. The number of benzene rings is 2. The van der Waals surface area contributed by atoms with E-state index in [1.807, 2.05) is 19.1 Å². The van der Waals surface area contributed by atoms with Gasteiger partial charge in [-0.2, -0.15) is 0 Å². The van der Waals surface area contributed by atoms with Crippen LogP contribution in [-0.4, -0.2) is 0 Å². The van der Waals surface area contributed by atoms with Crippen molar-refractivity contribution in [3.63, 3.8) is 0 Å². The van der Waals surface area contributed by atoms with E-state index in [9.17, 15) is 4.39 Å². The van der Waals surface area contributed by atoms with Gasteiger partial charge in [0.1, 0.15) is 5.82 Å². The summed E-state index contributed by atoms with van der Waals surface area (Å²) in [5.41, 5.74) is 8.57. The predicted molar refractivity (Wildman–Crippen MR) is 65.3 cm³/mol. The lowest BCUT2D eigenvalue weighted by Gasteiger charge is -2.08. The molecule has 2 rings (SSSR count). The van der Waals surface area contributed by atoms with E-state index in [2.05, 4.69) is 5.32 Å². The second-order valence-electron chi connectivity index (χ2n) is 3.73. The zero-order chi connectivity index (χ0) is 11.5. The quantitative estimate of drug-likeness (QED) is 0.754. The average molecular weight is 216 g/mol. The maximum Gasteiger partial charge on any atom is 0.146 e. The van der Waals surface area contributed by atoms with Gasteiger partial charge in [-0.15, -0.1) is 0 Å². The predicted octanol–water partition coefficient (Wildman–Crippen LogP) is 3.46. The Morgan fingerprint density at radius 3 is 2.44 bits per heavy atom. The first-order chi connectivity index (χ1) is 7.65. The van der Waals surface area contributed by atoms with Crippen LogP contribution in [0.15, 0.2) is 42.5 Å². The number of aryl methyl sites for hydroxylation is 1. The van der Waals surface area contributed by atoms with E-state index in [0.717, 1.165) is 11.3 Å². The summed E-state index contributed by atoms with van der Waals surface area (Å²) < 4.78 is 13.4. The highest BCUT2D eigenvalue weighted by Crippen LogP contribution is 2.21. The normalized spacial score (nSPS) is 10.1. The first kappa shape index (κ1) is 10.5. The van der Waals surface area contributed by atoms with Crippen LogP contribution in [-0.2, 0) is 0 Å². The molecule has 2 aromatic carbocycles. The molecule has 3 heteroatoms. The fourth-order valence-electron chi connectivity index (χ4n) is 1.46. The number of halogens is 1. The number of nitrogens with two attached hydrogens (primary N) is 1. The molecule has 0 spiro atoms. The Balaban J connectivity index is 2.26. The van der Waals surface area contributed by atoms with Crippen LogP contribution in [0.1, 0.15) is 5.56 Å². The molecule has 2 nitrogen and oxygen atoms in total. The molecular formula is C13H13FN2. The van der Waals surface area contributed by atoms with Gasteiger partial charge < -0.3 is 11.1 Å². The van der Waals surface area contributed by atoms with Gasteiger partial charge >= 0.3 is 0 Å². The molecule has 0 aliphatic carbocycles. The van der Waals surface area contributed by atoms with Crippen LogP contribution in [0.4, 0.5) is 21.5 Å². The third-order valence-electron chi connectivity index (χ3n) is 2.31. The number of nitrogen functional groups attached to an aromatic ring is 1. The minimum atomic E-state index is -0.262. The van der Waals surface area contributed by atoms with Crippen molar-refractivity contribution < 1.29 is 4.39 Å². The molecule has 0 aromatic heterocycles. The van der Waals surface area contributed by atoms with Crippen LogP contribution in [0.2, 0.25) is 0 Å². The molecule has 82 valence electrons. The average Bonchev–Trinajstić information content (AvgIpc) is 2.27. The summed E-state index contributed by atoms with van der Waals surface area (Å²) in [4.78, 5) is 0. The Morgan fingerprint density at radius 2 is 1.75 bits per heavy atom. The van der Waals surface area contributed by atoms with Crippen molar-refractivity contribution in [3.8, 4) is 0 Å². The van der Waals surface area contributed by atoms with E-state index in [4.69, 9.17) is 5.73 Å². The van der Waals surface area contributed by atoms with Crippen LogP contribution >= 0.6 is 0 Å². The van der Waals surface area contributed by atoms with Crippen molar-refractivity contribution in [3.05, 3.63) is 53.8 Å². The Labute approximate surface area is 93.9 Å². The maximum absolute atomic E-state index is 13.4. The van der Waals surface area contributed by atoms with Crippen molar-refractivity contribution in [1.82, 2.24) is 0 Å². The van der Waals surface area contributed by atoms with Gasteiger partial charge in [0.05, 0.1) is 5.69 Å². The second-order valence-corrected chi connectivity index (χ2v) is 3.73. The molecule has 0 aliphatic heterocycles. The van der Waals surface area contributed by atoms with Crippen molar-refractivity contribution in [2.75, 3.05) is 11.1 Å². The molecule has 2 aromatic rings. The third-order valence-corrected chi connectivity index (χ3v) is 2.31. The molecule has 16 heavy (non-hydrogen) atoms. The van der Waals surface area contributed by atoms with E-state index in [0.29, 0.717) is 11.4 Å². The zero-order valence-electron chi connectivity index (χ0n) is 9.00. The number of nitrogens with one attached hydrogen (secondary N) is 1. The second kappa shape index (κ2) is 4.23. The van der Waals surface area contributed by atoms with E-state index in [1.165, 1.54) is 6.07 Å². The summed E-state index contributed by atoms with van der Waals surface area (Å²) in [6, 6.07) is 12.1. The van der Waals surface area contributed by atoms with Gasteiger partial charge in [0.2, 0.25) is 0 Å². The molecule has 0 bridgehead atoms. The highest BCUT2D eigenvalue weighted by atomic mass is 19.1. The Bertz CT molecular complexity index is 492. The standard InChI is InChI=1S/C13H13FN2/c1-9-2-7-12(14)13(8-9)16-11-5-3-10(15)4-6-11/h2-8,16H,15H2,1H3. The summed E-state index contributed by atoms with van der Waals surface area (Å²) in [5, 5.41) is 3.01. The van der Waals surface area contributed by atoms with E-state index in [-0.39, 0.29) is 5.82 Å². The fraction of sp³-hybridized carbons (Fsp3) is 0.0769. The summed E-state index contributed by atoms with van der Waals surface area (Å²) in [6.07, 6.45) is 0. The Hall–Kier alpha value is -2.03. The zero-order valence-corrected chi connectivity index (χ0v) is 9.00. The lowest BCUT2D eigenvalue weighted by atomic mass is 10.2. The van der Waals surface area contributed by atoms with Gasteiger partial charge in [-0.05, 0) is 48.9 Å². The summed E-state index contributed by atoms with van der Waals surface area (Å²) in [5.74, 6) is -0.262. The van der Waals surface area contributed by atoms with Crippen molar-refractivity contribution >= 4 is 17.1 Å². The van der Waals surface area contributed by atoms with Crippen LogP contribution in [0.3, 0.4) is 0 Å². The molecule has 0 unspecified atom stereocenters. The van der Waals surface area contributed by atoms with E-state index >= 15 is 0 Å². The van der Waals surface area contributed by atoms with Crippen LogP contribution in [0.25, 0.3) is 0 Å². The summed E-state index contributed by atoms with van der Waals surface area (Å²) in [6.45, 7) is 1.92. The smallest absolute Gasteiger partial charge is 0.146 e. The van der Waals surface area contributed by atoms with Crippen molar-refractivity contribution in [2.45, 2.75) is 6.92 Å². The lowest BCUT2D eigenvalue weighted by Crippen LogP contribution is -1.94. The van der Waals surface area contributed by atoms with Crippen LogP contribution < -0.4 is 11.1 Å². The van der Waals surface area contributed by atoms with Gasteiger partial charge in [0.25, 0.3) is 0 Å². The number of anilines is 3. The van der Waals surface area contributed by atoms with Gasteiger partial charge in [0, 0.05) is 11.4 Å².